The third-order valence-corrected chi connectivity index (χ3v) is 4.10. The van der Waals surface area contributed by atoms with Crippen LogP contribution in [0, 0.1) is 10.1 Å². The summed E-state index contributed by atoms with van der Waals surface area (Å²) >= 11 is 0. The molecular weight excluding hydrogens is 348 g/mol. The first-order valence-corrected chi connectivity index (χ1v) is 8.56. The molecule has 0 spiro atoms. The van der Waals surface area contributed by atoms with Gasteiger partial charge in [-0.3, -0.25) is 14.9 Å². The molecule has 0 radical (unpaired) electrons. The molecular formula is C19H20N4O4. The lowest BCUT2D eigenvalue weighted by atomic mass is 10.2. The number of nitro benzene ring substituents is 1. The van der Waals surface area contributed by atoms with Crippen LogP contribution in [-0.2, 0) is 4.74 Å². The molecule has 8 heteroatoms. The summed E-state index contributed by atoms with van der Waals surface area (Å²) in [4.78, 5) is 29.1. The van der Waals surface area contributed by atoms with E-state index in [0.717, 1.165) is 0 Å². The van der Waals surface area contributed by atoms with Crippen LogP contribution in [-0.4, -0.2) is 40.6 Å². The largest absolute Gasteiger partial charge is 0.461 e. The monoisotopic (exact) mass is 368 g/mol. The second-order valence-corrected chi connectivity index (χ2v) is 6.34. The van der Waals surface area contributed by atoms with Gasteiger partial charge in [-0.2, -0.15) is 4.99 Å². The lowest BCUT2D eigenvalue weighted by Gasteiger charge is -2.27. The summed E-state index contributed by atoms with van der Waals surface area (Å²) in [6, 6.07) is 15.3. The first kappa shape index (κ1) is 18.4. The third-order valence-electron chi connectivity index (χ3n) is 4.10. The topological polar surface area (TPSA) is 97.1 Å². The Labute approximate surface area is 156 Å². The van der Waals surface area contributed by atoms with E-state index >= 15 is 0 Å². The molecule has 1 heterocycles. The van der Waals surface area contributed by atoms with Gasteiger partial charge in [0.25, 0.3) is 17.6 Å². The quantitative estimate of drug-likeness (QED) is 0.646. The molecule has 140 valence electrons. The molecule has 1 amide bonds. The van der Waals surface area contributed by atoms with Gasteiger partial charge in [0.05, 0.1) is 10.6 Å². The highest BCUT2D eigenvalue weighted by molar-refractivity contribution is 5.94. The third kappa shape index (κ3) is 4.22. The van der Waals surface area contributed by atoms with Crippen LogP contribution in [0.1, 0.15) is 24.2 Å². The summed E-state index contributed by atoms with van der Waals surface area (Å²) in [5.74, 6) is -0.188. The molecule has 1 N–H and O–H groups in total. The average molecular weight is 368 g/mol. The Morgan fingerprint density at radius 3 is 2.48 bits per heavy atom. The second-order valence-electron chi connectivity index (χ2n) is 6.34. The zero-order valence-corrected chi connectivity index (χ0v) is 15.0. The van der Waals surface area contributed by atoms with Crippen LogP contribution >= 0.6 is 0 Å². The van der Waals surface area contributed by atoms with Crippen molar-refractivity contribution in [2.24, 2.45) is 4.99 Å². The molecule has 1 unspecified atom stereocenters. The molecule has 2 aromatic carbocycles. The molecule has 0 aliphatic carbocycles. The van der Waals surface area contributed by atoms with Gasteiger partial charge >= 0.3 is 0 Å². The molecule has 27 heavy (non-hydrogen) atoms. The number of hydrogen-bond donors (Lipinski definition) is 1. The van der Waals surface area contributed by atoms with Gasteiger partial charge in [0.15, 0.2) is 0 Å². The van der Waals surface area contributed by atoms with Crippen LogP contribution in [0.2, 0.25) is 0 Å². The van der Waals surface area contributed by atoms with E-state index in [1.54, 1.807) is 24.3 Å². The highest BCUT2D eigenvalue weighted by atomic mass is 16.6. The molecule has 2 aromatic rings. The van der Waals surface area contributed by atoms with Crippen molar-refractivity contribution in [3.63, 3.8) is 0 Å². The SMILES string of the molecule is CC(C)N1C(=Nc2ccc([N+](=O)[O-])cc2)OCC1NC(=O)c1ccccc1. The van der Waals surface area contributed by atoms with Crippen molar-refractivity contribution in [2.45, 2.75) is 26.1 Å². The molecule has 1 aliphatic heterocycles. The summed E-state index contributed by atoms with van der Waals surface area (Å²) in [6.45, 7) is 4.21. The van der Waals surface area contributed by atoms with E-state index in [1.807, 2.05) is 36.9 Å². The Hall–Kier alpha value is -3.42. The van der Waals surface area contributed by atoms with E-state index < -0.39 is 4.92 Å². The van der Waals surface area contributed by atoms with Gasteiger partial charge in [-0.1, -0.05) is 18.2 Å². The number of rotatable bonds is 5. The van der Waals surface area contributed by atoms with Gasteiger partial charge in [-0.25, -0.2) is 0 Å². The van der Waals surface area contributed by atoms with Crippen LogP contribution in [0.5, 0.6) is 0 Å². The Bertz CT molecular complexity index is 850. The van der Waals surface area contributed by atoms with Crippen molar-refractivity contribution in [1.29, 1.82) is 0 Å². The molecule has 0 bridgehead atoms. The summed E-state index contributed by atoms with van der Waals surface area (Å²) in [7, 11) is 0. The minimum atomic E-state index is -0.460. The minimum absolute atomic E-state index is 0.00000648. The van der Waals surface area contributed by atoms with Crippen molar-refractivity contribution >= 4 is 23.3 Å². The number of nitrogens with one attached hydrogen (secondary N) is 1. The average Bonchev–Trinajstić information content (AvgIpc) is 3.05. The Kier molecular flexibility index (Phi) is 5.35. The molecule has 8 nitrogen and oxygen atoms in total. The maximum atomic E-state index is 12.4. The fraction of sp³-hybridized carbons (Fsp3) is 0.263. The van der Waals surface area contributed by atoms with Gasteiger partial charge in [0.1, 0.15) is 12.8 Å². The Morgan fingerprint density at radius 2 is 1.89 bits per heavy atom. The van der Waals surface area contributed by atoms with Gasteiger partial charge in [0.2, 0.25) is 0 Å². The maximum Gasteiger partial charge on any atom is 0.294 e. The highest BCUT2D eigenvalue weighted by Gasteiger charge is 2.34. The summed E-state index contributed by atoms with van der Waals surface area (Å²) < 4.78 is 5.69. The number of amidine groups is 1. The number of carbonyl (C=O) groups excluding carboxylic acids is 1. The van der Waals surface area contributed by atoms with Crippen molar-refractivity contribution in [3.8, 4) is 0 Å². The first-order chi connectivity index (χ1) is 13.0. The lowest BCUT2D eigenvalue weighted by molar-refractivity contribution is -0.384. The van der Waals surface area contributed by atoms with Crippen LogP contribution in [0.3, 0.4) is 0 Å². The van der Waals surface area contributed by atoms with Crippen molar-refractivity contribution in [2.75, 3.05) is 6.61 Å². The fourth-order valence-electron chi connectivity index (χ4n) is 2.81. The van der Waals surface area contributed by atoms with Crippen LogP contribution in [0.15, 0.2) is 59.6 Å². The van der Waals surface area contributed by atoms with Gasteiger partial charge in [0, 0.05) is 23.7 Å². The Morgan fingerprint density at radius 1 is 1.22 bits per heavy atom. The van der Waals surface area contributed by atoms with Gasteiger partial charge < -0.3 is 15.0 Å². The normalized spacial score (nSPS) is 17.8. The number of carbonyl (C=O) groups is 1. The van der Waals surface area contributed by atoms with Crippen LogP contribution < -0.4 is 5.32 Å². The lowest BCUT2D eigenvalue weighted by Crippen LogP contribution is -2.50. The minimum Gasteiger partial charge on any atom is -0.461 e. The van der Waals surface area contributed by atoms with Crippen molar-refractivity contribution in [1.82, 2.24) is 10.2 Å². The standard InChI is InChI=1S/C19H20N4O4/c1-13(2)22-17(21-18(24)14-6-4-3-5-7-14)12-27-19(22)20-15-8-10-16(11-9-15)23(25)26/h3-11,13,17H,12H2,1-2H3,(H,21,24). The van der Waals surface area contributed by atoms with Gasteiger partial charge in [-0.05, 0) is 38.1 Å². The predicted molar refractivity (Wildman–Crippen MR) is 101 cm³/mol. The van der Waals surface area contributed by atoms with Crippen LogP contribution in [0.25, 0.3) is 0 Å². The molecule has 3 rings (SSSR count). The molecule has 0 saturated carbocycles. The number of amides is 1. The fourth-order valence-corrected chi connectivity index (χ4v) is 2.81. The van der Waals surface area contributed by atoms with E-state index in [-0.39, 0.29) is 30.4 Å². The van der Waals surface area contributed by atoms with E-state index in [0.29, 0.717) is 17.3 Å². The van der Waals surface area contributed by atoms with Crippen molar-refractivity contribution < 1.29 is 14.5 Å². The number of aliphatic imine (C=N–C) groups is 1. The number of hydrogen-bond acceptors (Lipinski definition) is 5. The number of nitrogens with zero attached hydrogens (tertiary/aromatic N) is 3. The number of ether oxygens (including phenoxy) is 1. The Balaban J connectivity index is 1.77. The van der Waals surface area contributed by atoms with Crippen LogP contribution in [0.4, 0.5) is 11.4 Å². The first-order valence-electron chi connectivity index (χ1n) is 8.56. The van der Waals surface area contributed by atoms with E-state index in [4.69, 9.17) is 4.74 Å². The summed E-state index contributed by atoms with van der Waals surface area (Å²) in [5, 5.41) is 13.7. The number of nitro groups is 1. The summed E-state index contributed by atoms with van der Waals surface area (Å²) in [5.41, 5.74) is 1.11. The highest BCUT2D eigenvalue weighted by Crippen LogP contribution is 2.22. The van der Waals surface area contributed by atoms with Gasteiger partial charge in [-0.15, -0.1) is 0 Å². The second kappa shape index (κ2) is 7.86. The molecule has 1 fully saturated rings. The molecule has 1 saturated heterocycles. The van der Waals surface area contributed by atoms with Crippen molar-refractivity contribution in [3.05, 3.63) is 70.3 Å². The molecule has 1 aliphatic rings. The zero-order chi connectivity index (χ0) is 19.4. The van der Waals surface area contributed by atoms with E-state index in [9.17, 15) is 14.9 Å². The predicted octanol–water partition coefficient (Wildman–Crippen LogP) is 3.08. The smallest absolute Gasteiger partial charge is 0.294 e. The number of benzene rings is 2. The van der Waals surface area contributed by atoms with E-state index in [2.05, 4.69) is 10.3 Å². The molecule has 1 atom stereocenters. The summed E-state index contributed by atoms with van der Waals surface area (Å²) in [6.07, 6.45) is -0.352. The molecule has 0 aromatic heterocycles. The van der Waals surface area contributed by atoms with E-state index in [1.165, 1.54) is 12.1 Å². The maximum absolute atomic E-state index is 12.4. The zero-order valence-electron chi connectivity index (χ0n) is 15.0. The number of non-ortho nitro benzene ring substituents is 1.